The molecule has 26 heavy (non-hydrogen) atoms. The zero-order valence-electron chi connectivity index (χ0n) is 13.8. The summed E-state index contributed by atoms with van der Waals surface area (Å²) in [5.74, 6) is -1.34. The first-order chi connectivity index (χ1) is 11.9. The Morgan fingerprint density at radius 2 is 2.12 bits per heavy atom. The van der Waals surface area contributed by atoms with E-state index in [-0.39, 0.29) is 54.6 Å². The predicted octanol–water partition coefficient (Wildman–Crippen LogP) is -0.869. The maximum absolute atomic E-state index is 11.8. The van der Waals surface area contributed by atoms with Crippen molar-refractivity contribution in [1.29, 1.82) is 0 Å². The van der Waals surface area contributed by atoms with Crippen LogP contribution in [0.4, 0.5) is 0 Å². The smallest absolute Gasteiger partial charge is 0.522 e. The van der Waals surface area contributed by atoms with Crippen LogP contribution in [0.2, 0.25) is 6.32 Å². The van der Waals surface area contributed by atoms with E-state index in [4.69, 9.17) is 20.2 Å². The van der Waals surface area contributed by atoms with Gasteiger partial charge in [0.05, 0.1) is 19.7 Å². The third-order valence-electron chi connectivity index (χ3n) is 4.30. The summed E-state index contributed by atoms with van der Waals surface area (Å²) in [5.41, 5.74) is 6.05. The van der Waals surface area contributed by atoms with Gasteiger partial charge in [-0.25, -0.2) is 4.79 Å². The number of likely N-dealkylation sites (tertiary alicyclic amines) is 1. The Balaban J connectivity index is 0.00000243. The van der Waals surface area contributed by atoms with Crippen molar-refractivity contribution in [2.45, 2.75) is 24.9 Å². The summed E-state index contributed by atoms with van der Waals surface area (Å²) in [6.45, 7) is 0.0762. The van der Waals surface area contributed by atoms with Crippen LogP contribution in [0.15, 0.2) is 12.1 Å². The fourth-order valence-corrected chi connectivity index (χ4v) is 2.90. The topological polar surface area (TPSA) is 143 Å². The first-order valence-electron chi connectivity index (χ1n) is 7.96. The van der Waals surface area contributed by atoms with Gasteiger partial charge in [-0.05, 0) is 24.4 Å². The summed E-state index contributed by atoms with van der Waals surface area (Å²) < 4.78 is 11.0. The number of hydrogen-bond acceptors (Lipinski definition) is 7. The van der Waals surface area contributed by atoms with Crippen LogP contribution in [-0.2, 0) is 11.2 Å². The molecule has 5 N–H and O–H groups in total. The van der Waals surface area contributed by atoms with Crippen LogP contribution >= 0.6 is 12.4 Å². The molecule has 1 atom stereocenters. The molecule has 1 fully saturated rings. The number of carboxylic acids is 1. The maximum Gasteiger partial charge on any atom is 0.522 e. The molecular formula is C15H20BClN2O7. The second-order valence-electron chi connectivity index (χ2n) is 6.12. The fraction of sp³-hybridized carbons (Fsp3) is 0.467. The summed E-state index contributed by atoms with van der Waals surface area (Å²) in [6.07, 6.45) is 0.540. The standard InChI is InChI=1S/C15H19BN2O7.ClH/c17-10(7-19)14(20)18-5-9(6-18)24-11-2-1-8-3-4-16(23)25-13(8)12(11)15(21)22;/h1-2,9-10,19,23H,3-7,17H2,(H,21,22);1H/t10-;/m0./s1. The van der Waals surface area contributed by atoms with Gasteiger partial charge in [0.15, 0.2) is 0 Å². The summed E-state index contributed by atoms with van der Waals surface area (Å²) >= 11 is 0. The number of aliphatic hydroxyl groups is 1. The number of carbonyl (C=O) groups is 2. The van der Waals surface area contributed by atoms with Gasteiger partial charge in [0.25, 0.3) is 0 Å². The molecule has 1 saturated heterocycles. The Hall–Kier alpha value is -2.01. The van der Waals surface area contributed by atoms with E-state index in [0.717, 1.165) is 0 Å². The molecule has 0 bridgehead atoms. The van der Waals surface area contributed by atoms with Crippen molar-refractivity contribution < 1.29 is 34.2 Å². The predicted molar refractivity (Wildman–Crippen MR) is 93.8 cm³/mol. The third kappa shape index (κ3) is 3.88. The van der Waals surface area contributed by atoms with Crippen molar-refractivity contribution in [1.82, 2.24) is 4.90 Å². The van der Waals surface area contributed by atoms with Crippen molar-refractivity contribution in [3.63, 3.8) is 0 Å². The van der Waals surface area contributed by atoms with Gasteiger partial charge < -0.3 is 35.3 Å². The van der Waals surface area contributed by atoms with E-state index >= 15 is 0 Å². The van der Waals surface area contributed by atoms with Crippen LogP contribution < -0.4 is 15.1 Å². The van der Waals surface area contributed by atoms with Gasteiger partial charge in [0, 0.05) is 0 Å². The molecular weight excluding hydrogens is 366 g/mol. The van der Waals surface area contributed by atoms with Gasteiger partial charge in [0.2, 0.25) is 5.91 Å². The SMILES string of the molecule is Cl.N[C@@H](CO)C(=O)N1CC(Oc2ccc3c(c2C(=O)O)OB(O)CC3)C1. The molecule has 1 amide bonds. The van der Waals surface area contributed by atoms with Gasteiger partial charge >= 0.3 is 13.1 Å². The molecule has 2 aliphatic heterocycles. The highest BCUT2D eigenvalue weighted by atomic mass is 35.5. The Morgan fingerprint density at radius 1 is 1.42 bits per heavy atom. The van der Waals surface area contributed by atoms with Gasteiger partial charge in [0.1, 0.15) is 29.2 Å². The second-order valence-corrected chi connectivity index (χ2v) is 6.12. The van der Waals surface area contributed by atoms with Crippen LogP contribution in [0.5, 0.6) is 11.5 Å². The van der Waals surface area contributed by atoms with Crippen LogP contribution in [0.1, 0.15) is 15.9 Å². The number of rotatable bonds is 5. The number of benzene rings is 1. The number of ether oxygens (including phenoxy) is 1. The number of aryl methyl sites for hydroxylation is 1. The van der Waals surface area contributed by atoms with E-state index in [9.17, 15) is 19.7 Å². The van der Waals surface area contributed by atoms with Crippen molar-refractivity contribution >= 4 is 31.4 Å². The Bertz CT molecular complexity index is 699. The minimum atomic E-state index is -1.21. The highest BCUT2D eigenvalue weighted by Crippen LogP contribution is 2.37. The van der Waals surface area contributed by atoms with E-state index < -0.39 is 25.7 Å². The lowest BCUT2D eigenvalue weighted by Gasteiger charge is -2.40. The molecule has 2 aliphatic rings. The normalized spacial score (nSPS) is 17.3. The van der Waals surface area contributed by atoms with E-state index in [1.807, 2.05) is 0 Å². The van der Waals surface area contributed by atoms with Crippen LogP contribution in [0, 0.1) is 0 Å². The zero-order chi connectivity index (χ0) is 18.1. The minimum absolute atomic E-state index is 0. The number of fused-ring (bicyclic) bond motifs is 1. The van der Waals surface area contributed by atoms with E-state index in [1.165, 1.54) is 4.90 Å². The Labute approximate surface area is 156 Å². The van der Waals surface area contributed by atoms with Crippen LogP contribution in [0.25, 0.3) is 0 Å². The van der Waals surface area contributed by atoms with Crippen LogP contribution in [-0.4, -0.2) is 71.0 Å². The summed E-state index contributed by atoms with van der Waals surface area (Å²) in [4.78, 5) is 24.9. The third-order valence-corrected chi connectivity index (χ3v) is 4.30. The number of aliphatic hydroxyl groups excluding tert-OH is 1. The summed E-state index contributed by atoms with van der Waals surface area (Å²) in [6, 6.07) is 2.31. The van der Waals surface area contributed by atoms with Crippen molar-refractivity contribution in [3.05, 3.63) is 23.3 Å². The molecule has 0 aromatic heterocycles. The Morgan fingerprint density at radius 3 is 2.73 bits per heavy atom. The second kappa shape index (κ2) is 8.13. The van der Waals surface area contributed by atoms with Gasteiger partial charge in [-0.15, -0.1) is 12.4 Å². The number of halogens is 1. The van der Waals surface area contributed by atoms with Crippen LogP contribution in [0.3, 0.4) is 0 Å². The molecule has 3 rings (SSSR count). The molecule has 0 aliphatic carbocycles. The highest BCUT2D eigenvalue weighted by Gasteiger charge is 2.36. The number of carboxylic acid groups (broad SMARTS) is 1. The molecule has 1 aromatic carbocycles. The zero-order valence-corrected chi connectivity index (χ0v) is 14.6. The lowest BCUT2D eigenvalue weighted by atomic mass is 9.78. The molecule has 0 radical (unpaired) electrons. The molecule has 1 aromatic rings. The number of carbonyl (C=O) groups excluding carboxylic acids is 1. The number of hydrogen-bond donors (Lipinski definition) is 4. The van der Waals surface area contributed by atoms with E-state index in [0.29, 0.717) is 18.3 Å². The highest BCUT2D eigenvalue weighted by molar-refractivity contribution is 6.44. The molecule has 9 nitrogen and oxygen atoms in total. The van der Waals surface area contributed by atoms with Gasteiger partial charge in [-0.3, -0.25) is 4.79 Å². The number of amides is 1. The summed E-state index contributed by atoms with van der Waals surface area (Å²) in [5, 5.41) is 28.0. The lowest BCUT2D eigenvalue weighted by molar-refractivity contribution is -0.142. The van der Waals surface area contributed by atoms with Gasteiger partial charge in [-0.1, -0.05) is 6.07 Å². The average Bonchev–Trinajstić information content (AvgIpc) is 2.55. The monoisotopic (exact) mass is 386 g/mol. The number of nitrogens with zero attached hydrogens (tertiary/aromatic N) is 1. The fourth-order valence-electron chi connectivity index (χ4n) is 2.90. The first-order valence-corrected chi connectivity index (χ1v) is 7.96. The quantitative estimate of drug-likeness (QED) is 0.478. The molecule has 0 unspecified atom stereocenters. The average molecular weight is 387 g/mol. The molecule has 2 heterocycles. The van der Waals surface area contributed by atoms with Crippen molar-refractivity contribution in [3.8, 4) is 11.5 Å². The largest absolute Gasteiger partial charge is 0.535 e. The molecule has 0 spiro atoms. The Kier molecular flexibility index (Phi) is 6.35. The van der Waals surface area contributed by atoms with E-state index in [1.54, 1.807) is 12.1 Å². The number of nitrogens with two attached hydrogens (primary N) is 1. The summed E-state index contributed by atoms with van der Waals surface area (Å²) in [7, 11) is -1.04. The van der Waals surface area contributed by atoms with E-state index in [2.05, 4.69) is 0 Å². The lowest BCUT2D eigenvalue weighted by Crippen LogP contribution is -2.60. The van der Waals surface area contributed by atoms with Gasteiger partial charge in [-0.2, -0.15) is 0 Å². The molecule has 142 valence electrons. The number of aromatic carboxylic acids is 1. The minimum Gasteiger partial charge on any atom is -0.535 e. The maximum atomic E-state index is 11.8. The molecule has 0 saturated carbocycles. The molecule has 11 heteroatoms. The van der Waals surface area contributed by atoms with Crippen molar-refractivity contribution in [2.24, 2.45) is 5.73 Å². The van der Waals surface area contributed by atoms with Crippen molar-refractivity contribution in [2.75, 3.05) is 19.7 Å². The first kappa shape index (κ1) is 20.3.